The van der Waals surface area contributed by atoms with Crippen LogP contribution in [0.25, 0.3) is 11.4 Å². The van der Waals surface area contributed by atoms with Crippen LogP contribution < -0.4 is 5.32 Å². The summed E-state index contributed by atoms with van der Waals surface area (Å²) in [5.41, 5.74) is 1.24. The van der Waals surface area contributed by atoms with Crippen LogP contribution in [0.2, 0.25) is 0 Å². The Bertz CT molecular complexity index is 796. The van der Waals surface area contributed by atoms with E-state index in [4.69, 9.17) is 0 Å². The summed E-state index contributed by atoms with van der Waals surface area (Å²) in [6, 6.07) is 7.49. The van der Waals surface area contributed by atoms with Gasteiger partial charge in [0.25, 0.3) is 5.91 Å². The predicted molar refractivity (Wildman–Crippen MR) is 101 cm³/mol. The maximum absolute atomic E-state index is 12.9. The van der Waals surface area contributed by atoms with Crippen LogP contribution in [0, 0.1) is 0 Å². The molecule has 1 atom stereocenters. The Kier molecular flexibility index (Phi) is 5.18. The highest BCUT2D eigenvalue weighted by Gasteiger charge is 2.35. The molecule has 1 saturated carbocycles. The fourth-order valence-electron chi connectivity index (χ4n) is 4.24. The highest BCUT2D eigenvalue weighted by Crippen LogP contribution is 2.26. The zero-order valence-electron chi connectivity index (χ0n) is 15.4. The van der Waals surface area contributed by atoms with Gasteiger partial charge in [-0.05, 0) is 18.9 Å². The van der Waals surface area contributed by atoms with Gasteiger partial charge in [0.15, 0.2) is 5.82 Å². The number of aromatic amines is 1. The molecule has 1 saturated heterocycles. The Balaban J connectivity index is 1.44. The lowest BCUT2D eigenvalue weighted by molar-refractivity contribution is -0.129. The molecular weight excluding hydrogens is 342 g/mol. The second kappa shape index (κ2) is 7.90. The van der Waals surface area contributed by atoms with E-state index in [9.17, 15) is 9.59 Å². The van der Waals surface area contributed by atoms with Gasteiger partial charge in [-0.15, -0.1) is 0 Å². The second-order valence-corrected chi connectivity index (χ2v) is 7.45. The van der Waals surface area contributed by atoms with Gasteiger partial charge >= 0.3 is 0 Å². The molecule has 1 aliphatic carbocycles. The van der Waals surface area contributed by atoms with Gasteiger partial charge in [-0.2, -0.15) is 5.10 Å². The van der Waals surface area contributed by atoms with Crippen molar-refractivity contribution in [3.63, 3.8) is 0 Å². The van der Waals surface area contributed by atoms with Crippen molar-refractivity contribution in [3.8, 4) is 11.4 Å². The molecule has 7 heteroatoms. The third-order valence-electron chi connectivity index (χ3n) is 5.60. The quantitative estimate of drug-likeness (QED) is 0.813. The van der Waals surface area contributed by atoms with Crippen molar-refractivity contribution in [2.24, 2.45) is 0 Å². The van der Waals surface area contributed by atoms with E-state index in [1.54, 1.807) is 6.07 Å². The number of nitrogens with zero attached hydrogens (tertiary/aromatic N) is 3. The summed E-state index contributed by atoms with van der Waals surface area (Å²) in [4.78, 5) is 31.5. The van der Waals surface area contributed by atoms with Crippen molar-refractivity contribution in [1.29, 1.82) is 0 Å². The number of hydrogen-bond donors (Lipinski definition) is 2. The molecule has 1 aliphatic heterocycles. The van der Waals surface area contributed by atoms with Crippen molar-refractivity contribution in [2.45, 2.75) is 57.0 Å². The number of nitrogens with one attached hydrogen (secondary N) is 2. The van der Waals surface area contributed by atoms with Gasteiger partial charge in [0.05, 0.1) is 11.6 Å². The molecule has 2 aromatic rings. The van der Waals surface area contributed by atoms with E-state index >= 15 is 0 Å². The first-order valence-electron chi connectivity index (χ1n) is 9.77. The molecular formula is C20H25N5O2. The van der Waals surface area contributed by atoms with Gasteiger partial charge in [0.1, 0.15) is 6.33 Å². The first-order valence-corrected chi connectivity index (χ1v) is 9.77. The summed E-state index contributed by atoms with van der Waals surface area (Å²) in [5, 5.41) is 9.71. The Morgan fingerprint density at radius 1 is 1.15 bits per heavy atom. The zero-order valence-corrected chi connectivity index (χ0v) is 15.4. The van der Waals surface area contributed by atoms with Crippen molar-refractivity contribution in [3.05, 3.63) is 36.2 Å². The standard InChI is InChI=1S/C20H25N5O2/c26-18-11-14(12-25(18)15-7-3-1-2-4-8-15)23-20(27)17-10-6-5-9-16(17)19-21-13-22-24-19/h5-6,9-10,13-15H,1-4,7-8,11-12H2,(H,23,27)(H,21,22,24). The van der Waals surface area contributed by atoms with Crippen molar-refractivity contribution in [1.82, 2.24) is 25.4 Å². The average molecular weight is 367 g/mol. The van der Waals surface area contributed by atoms with Gasteiger partial charge in [-0.3, -0.25) is 14.7 Å². The van der Waals surface area contributed by atoms with E-state index in [1.807, 2.05) is 23.1 Å². The van der Waals surface area contributed by atoms with E-state index in [0.29, 0.717) is 36.0 Å². The number of H-pyrrole nitrogens is 1. The van der Waals surface area contributed by atoms with Crippen LogP contribution in [0.4, 0.5) is 0 Å². The van der Waals surface area contributed by atoms with Crippen LogP contribution in [0.5, 0.6) is 0 Å². The summed E-state index contributed by atoms with van der Waals surface area (Å²) in [5.74, 6) is 0.543. The first-order chi connectivity index (χ1) is 13.2. The van der Waals surface area contributed by atoms with Crippen molar-refractivity contribution in [2.75, 3.05) is 6.54 Å². The van der Waals surface area contributed by atoms with E-state index in [-0.39, 0.29) is 17.9 Å². The number of aromatic nitrogens is 3. The normalized spacial score (nSPS) is 21.3. The maximum Gasteiger partial charge on any atom is 0.252 e. The minimum Gasteiger partial charge on any atom is -0.347 e. The first kappa shape index (κ1) is 17.7. The molecule has 142 valence electrons. The third kappa shape index (κ3) is 3.86. The summed E-state index contributed by atoms with van der Waals surface area (Å²) < 4.78 is 0. The molecule has 2 amide bonds. The molecule has 1 aromatic heterocycles. The molecule has 2 N–H and O–H groups in total. The van der Waals surface area contributed by atoms with Gasteiger partial charge in [0, 0.05) is 24.6 Å². The molecule has 7 nitrogen and oxygen atoms in total. The molecule has 1 unspecified atom stereocenters. The van der Waals surface area contributed by atoms with E-state index in [2.05, 4.69) is 20.5 Å². The number of likely N-dealkylation sites (tertiary alicyclic amines) is 1. The van der Waals surface area contributed by atoms with Gasteiger partial charge in [-0.25, -0.2) is 4.98 Å². The zero-order chi connectivity index (χ0) is 18.6. The molecule has 2 fully saturated rings. The predicted octanol–water partition coefficient (Wildman–Crippen LogP) is 2.53. The van der Waals surface area contributed by atoms with Crippen LogP contribution in [0.3, 0.4) is 0 Å². The minimum absolute atomic E-state index is 0.143. The second-order valence-electron chi connectivity index (χ2n) is 7.45. The SMILES string of the molecule is O=C(NC1CC(=O)N(C2CCCCCC2)C1)c1ccccc1-c1ncn[nH]1. The van der Waals surface area contributed by atoms with Gasteiger partial charge < -0.3 is 10.2 Å². The number of benzene rings is 1. The Labute approximate surface area is 158 Å². The van der Waals surface area contributed by atoms with Crippen molar-refractivity contribution >= 4 is 11.8 Å². The minimum atomic E-state index is -0.178. The average Bonchev–Trinajstić information content (AvgIpc) is 3.25. The van der Waals surface area contributed by atoms with Crippen LogP contribution in [-0.2, 0) is 4.79 Å². The number of rotatable bonds is 4. The molecule has 4 rings (SSSR count). The fourth-order valence-corrected chi connectivity index (χ4v) is 4.24. The van der Waals surface area contributed by atoms with Gasteiger partial charge in [-0.1, -0.05) is 43.9 Å². The highest BCUT2D eigenvalue weighted by atomic mass is 16.2. The van der Waals surface area contributed by atoms with E-state index < -0.39 is 0 Å². The number of carbonyl (C=O) groups excluding carboxylic acids is 2. The largest absolute Gasteiger partial charge is 0.347 e. The molecule has 2 aliphatic rings. The monoisotopic (exact) mass is 367 g/mol. The van der Waals surface area contributed by atoms with Crippen molar-refractivity contribution < 1.29 is 9.59 Å². The summed E-state index contributed by atoms with van der Waals surface area (Å²) >= 11 is 0. The molecule has 1 aromatic carbocycles. The number of amides is 2. The van der Waals surface area contributed by atoms with Crippen LogP contribution >= 0.6 is 0 Å². The lowest BCUT2D eigenvalue weighted by atomic mass is 10.1. The van der Waals surface area contributed by atoms with Gasteiger partial charge in [0.2, 0.25) is 5.91 Å². The molecule has 0 bridgehead atoms. The third-order valence-corrected chi connectivity index (χ3v) is 5.60. The smallest absolute Gasteiger partial charge is 0.252 e. The Morgan fingerprint density at radius 2 is 1.93 bits per heavy atom. The summed E-state index contributed by atoms with van der Waals surface area (Å²) in [7, 11) is 0. The lowest BCUT2D eigenvalue weighted by Gasteiger charge is -2.27. The summed E-state index contributed by atoms with van der Waals surface area (Å²) in [6.45, 7) is 0.611. The summed E-state index contributed by atoms with van der Waals surface area (Å²) in [6.07, 6.45) is 8.87. The molecule has 2 heterocycles. The van der Waals surface area contributed by atoms with Crippen LogP contribution in [-0.4, -0.2) is 50.5 Å². The fraction of sp³-hybridized carbons (Fsp3) is 0.500. The van der Waals surface area contributed by atoms with E-state index in [1.165, 1.54) is 32.0 Å². The Morgan fingerprint density at radius 3 is 2.67 bits per heavy atom. The topological polar surface area (TPSA) is 91.0 Å². The van der Waals surface area contributed by atoms with Crippen LogP contribution in [0.15, 0.2) is 30.6 Å². The van der Waals surface area contributed by atoms with Crippen LogP contribution in [0.1, 0.15) is 55.3 Å². The van der Waals surface area contributed by atoms with E-state index in [0.717, 1.165) is 12.8 Å². The maximum atomic E-state index is 12.9. The lowest BCUT2D eigenvalue weighted by Crippen LogP contribution is -2.40. The molecule has 0 spiro atoms. The number of hydrogen-bond acceptors (Lipinski definition) is 4. The number of carbonyl (C=O) groups is 2. The molecule has 0 radical (unpaired) electrons. The Hall–Kier alpha value is -2.70. The molecule has 27 heavy (non-hydrogen) atoms. The highest BCUT2D eigenvalue weighted by molar-refractivity contribution is 6.00.